The van der Waals surface area contributed by atoms with Crippen LogP contribution in [0.2, 0.25) is 0 Å². The Bertz CT molecular complexity index is 753. The van der Waals surface area contributed by atoms with Gasteiger partial charge in [0.2, 0.25) is 5.91 Å². The maximum atomic E-state index is 14.1. The number of carbonyl (C=O) groups is 1. The van der Waals surface area contributed by atoms with Crippen molar-refractivity contribution in [3.8, 4) is 16.9 Å². The molecule has 0 bridgehead atoms. The maximum absolute atomic E-state index is 14.1. The topological polar surface area (TPSA) is 38.3 Å². The van der Waals surface area contributed by atoms with Crippen LogP contribution in [-0.2, 0) is 11.2 Å². The summed E-state index contributed by atoms with van der Waals surface area (Å²) in [6.45, 7) is 3.99. The molecular formula is C17H16FNO2. The monoisotopic (exact) mass is 285 g/mol. The Morgan fingerprint density at radius 3 is 2.52 bits per heavy atom. The first kappa shape index (κ1) is 13.6. The third-order valence-electron chi connectivity index (χ3n) is 3.93. The fraction of sp³-hybridized carbons (Fsp3) is 0.235. The SMILES string of the molecule is COc1cc2c(cc1F)-c1cc(C)c(C)cc1NC(=O)C2. The number of nitrogens with one attached hydrogen (secondary N) is 1. The number of halogens is 1. The minimum absolute atomic E-state index is 0.105. The summed E-state index contributed by atoms with van der Waals surface area (Å²) in [5, 5.41) is 2.89. The van der Waals surface area contributed by atoms with Gasteiger partial charge in [-0.3, -0.25) is 4.79 Å². The molecule has 0 radical (unpaired) electrons. The number of rotatable bonds is 1. The van der Waals surface area contributed by atoms with Crippen molar-refractivity contribution >= 4 is 11.6 Å². The molecule has 1 N–H and O–H groups in total. The summed E-state index contributed by atoms with van der Waals surface area (Å²) in [7, 11) is 1.42. The summed E-state index contributed by atoms with van der Waals surface area (Å²) in [4.78, 5) is 12.0. The van der Waals surface area contributed by atoms with E-state index in [1.54, 1.807) is 6.07 Å². The molecule has 21 heavy (non-hydrogen) atoms. The average Bonchev–Trinajstić information content (AvgIpc) is 2.55. The first-order valence-corrected chi connectivity index (χ1v) is 6.77. The van der Waals surface area contributed by atoms with Crippen LogP contribution in [0.25, 0.3) is 11.1 Å². The average molecular weight is 285 g/mol. The third-order valence-corrected chi connectivity index (χ3v) is 3.93. The Morgan fingerprint density at radius 1 is 1.10 bits per heavy atom. The summed E-state index contributed by atoms with van der Waals surface area (Å²) < 4.78 is 19.1. The van der Waals surface area contributed by atoms with Crippen LogP contribution in [0.3, 0.4) is 0 Å². The fourth-order valence-corrected chi connectivity index (χ4v) is 2.66. The summed E-state index contributed by atoms with van der Waals surface area (Å²) in [6, 6.07) is 6.97. The zero-order valence-corrected chi connectivity index (χ0v) is 12.2. The van der Waals surface area contributed by atoms with Crippen LogP contribution in [-0.4, -0.2) is 13.0 Å². The number of methoxy groups -OCH3 is 1. The molecule has 0 aliphatic carbocycles. The van der Waals surface area contributed by atoms with E-state index in [9.17, 15) is 9.18 Å². The summed E-state index contributed by atoms with van der Waals surface area (Å²) in [6.07, 6.45) is 0.207. The van der Waals surface area contributed by atoms with Gasteiger partial charge in [-0.25, -0.2) is 4.39 Å². The van der Waals surface area contributed by atoms with Crippen molar-refractivity contribution in [2.24, 2.45) is 0 Å². The van der Waals surface area contributed by atoms with E-state index in [-0.39, 0.29) is 18.1 Å². The van der Waals surface area contributed by atoms with Crippen LogP contribution in [0.4, 0.5) is 10.1 Å². The molecule has 0 aromatic heterocycles. The zero-order chi connectivity index (χ0) is 15.1. The second-order valence-electron chi connectivity index (χ2n) is 5.35. The standard InChI is InChI=1S/C17H16FNO2/c1-9-4-13-12-8-14(18)16(21-3)6-11(12)7-17(20)19-15(13)5-10(9)2/h4-6,8H,7H2,1-3H3,(H,19,20). The normalized spacial score (nSPS) is 13.0. The smallest absolute Gasteiger partial charge is 0.228 e. The molecule has 3 nitrogen and oxygen atoms in total. The molecule has 1 amide bonds. The Balaban J connectivity index is 2.31. The van der Waals surface area contributed by atoms with E-state index in [2.05, 4.69) is 5.32 Å². The lowest BCUT2D eigenvalue weighted by atomic mass is 9.94. The van der Waals surface area contributed by atoms with Crippen molar-refractivity contribution in [2.75, 3.05) is 12.4 Å². The van der Waals surface area contributed by atoms with Crippen molar-refractivity contribution < 1.29 is 13.9 Å². The highest BCUT2D eigenvalue weighted by atomic mass is 19.1. The van der Waals surface area contributed by atoms with Gasteiger partial charge in [-0.15, -0.1) is 0 Å². The number of aryl methyl sites for hydroxylation is 2. The lowest BCUT2D eigenvalue weighted by molar-refractivity contribution is -0.115. The van der Waals surface area contributed by atoms with Gasteiger partial charge in [-0.2, -0.15) is 0 Å². The van der Waals surface area contributed by atoms with Gasteiger partial charge >= 0.3 is 0 Å². The Hall–Kier alpha value is -2.36. The largest absolute Gasteiger partial charge is 0.494 e. The molecule has 0 unspecified atom stereocenters. The molecule has 0 saturated carbocycles. The molecule has 3 rings (SSSR count). The van der Waals surface area contributed by atoms with E-state index in [0.29, 0.717) is 0 Å². The second-order valence-corrected chi connectivity index (χ2v) is 5.35. The highest BCUT2D eigenvalue weighted by Gasteiger charge is 2.21. The van der Waals surface area contributed by atoms with Crippen molar-refractivity contribution in [3.63, 3.8) is 0 Å². The van der Waals surface area contributed by atoms with E-state index < -0.39 is 5.82 Å². The summed E-state index contributed by atoms with van der Waals surface area (Å²) >= 11 is 0. The van der Waals surface area contributed by atoms with Crippen LogP contribution < -0.4 is 10.1 Å². The lowest BCUT2D eigenvalue weighted by Crippen LogP contribution is -2.12. The van der Waals surface area contributed by atoms with Gasteiger partial charge in [0.05, 0.1) is 13.5 Å². The first-order chi connectivity index (χ1) is 9.99. The molecule has 108 valence electrons. The number of hydrogen-bond acceptors (Lipinski definition) is 2. The highest BCUT2D eigenvalue weighted by molar-refractivity contribution is 6.01. The molecule has 0 spiro atoms. The number of hydrogen-bond donors (Lipinski definition) is 1. The van der Waals surface area contributed by atoms with Crippen molar-refractivity contribution in [2.45, 2.75) is 20.3 Å². The van der Waals surface area contributed by atoms with Gasteiger partial charge < -0.3 is 10.1 Å². The Morgan fingerprint density at radius 2 is 1.81 bits per heavy atom. The molecular weight excluding hydrogens is 269 g/mol. The summed E-state index contributed by atoms with van der Waals surface area (Å²) in [5.41, 5.74) is 5.28. The first-order valence-electron chi connectivity index (χ1n) is 6.77. The molecule has 1 aliphatic heterocycles. The van der Waals surface area contributed by atoms with Gasteiger partial charge in [-0.1, -0.05) is 0 Å². The summed E-state index contributed by atoms with van der Waals surface area (Å²) in [5.74, 6) is -0.365. The zero-order valence-electron chi connectivity index (χ0n) is 12.2. The van der Waals surface area contributed by atoms with Crippen molar-refractivity contribution in [1.29, 1.82) is 0 Å². The number of amides is 1. The van der Waals surface area contributed by atoms with E-state index in [0.717, 1.165) is 33.5 Å². The number of fused-ring (bicyclic) bond motifs is 3. The predicted molar refractivity (Wildman–Crippen MR) is 80.2 cm³/mol. The number of ether oxygens (including phenoxy) is 1. The van der Waals surface area contributed by atoms with E-state index >= 15 is 0 Å². The van der Waals surface area contributed by atoms with E-state index in [1.165, 1.54) is 13.2 Å². The third kappa shape index (κ3) is 2.27. The quantitative estimate of drug-likeness (QED) is 0.869. The van der Waals surface area contributed by atoms with Crippen LogP contribution in [0.1, 0.15) is 16.7 Å². The lowest BCUT2D eigenvalue weighted by Gasteiger charge is -2.13. The molecule has 0 atom stereocenters. The van der Waals surface area contributed by atoms with Gasteiger partial charge in [0, 0.05) is 11.3 Å². The molecule has 2 aromatic carbocycles. The second kappa shape index (κ2) is 4.88. The molecule has 4 heteroatoms. The Labute approximate surface area is 122 Å². The van der Waals surface area contributed by atoms with E-state index in [4.69, 9.17) is 4.74 Å². The Kier molecular flexibility index (Phi) is 3.16. The number of benzene rings is 2. The van der Waals surface area contributed by atoms with E-state index in [1.807, 2.05) is 26.0 Å². The fourth-order valence-electron chi connectivity index (χ4n) is 2.66. The minimum Gasteiger partial charge on any atom is -0.494 e. The molecule has 0 saturated heterocycles. The molecule has 1 heterocycles. The van der Waals surface area contributed by atoms with Gasteiger partial charge in [0.1, 0.15) is 0 Å². The number of carbonyl (C=O) groups excluding carboxylic acids is 1. The van der Waals surface area contributed by atoms with Crippen LogP contribution >= 0.6 is 0 Å². The van der Waals surface area contributed by atoms with Crippen LogP contribution in [0, 0.1) is 19.7 Å². The van der Waals surface area contributed by atoms with Crippen LogP contribution in [0.15, 0.2) is 24.3 Å². The highest BCUT2D eigenvalue weighted by Crippen LogP contribution is 2.38. The van der Waals surface area contributed by atoms with Crippen molar-refractivity contribution in [3.05, 3.63) is 46.8 Å². The number of anilines is 1. The molecule has 0 fully saturated rings. The van der Waals surface area contributed by atoms with Gasteiger partial charge in [0.25, 0.3) is 0 Å². The van der Waals surface area contributed by atoms with Crippen molar-refractivity contribution in [1.82, 2.24) is 0 Å². The van der Waals surface area contributed by atoms with Gasteiger partial charge in [-0.05, 0) is 60.4 Å². The molecule has 2 aromatic rings. The minimum atomic E-state index is -0.422. The molecule has 1 aliphatic rings. The van der Waals surface area contributed by atoms with Gasteiger partial charge in [0.15, 0.2) is 11.6 Å². The van der Waals surface area contributed by atoms with Crippen LogP contribution in [0.5, 0.6) is 5.75 Å². The maximum Gasteiger partial charge on any atom is 0.228 e. The predicted octanol–water partition coefficient (Wildman–Crippen LogP) is 3.61.